The third kappa shape index (κ3) is 5.24. The minimum absolute atomic E-state index is 0.00992. The minimum atomic E-state index is -0.768. The monoisotopic (exact) mass is 374 g/mol. The van der Waals surface area contributed by atoms with Gasteiger partial charge in [0.2, 0.25) is 5.91 Å². The van der Waals surface area contributed by atoms with E-state index in [0.717, 1.165) is 5.69 Å². The molecule has 2 N–H and O–H groups in total. The van der Waals surface area contributed by atoms with Crippen LogP contribution in [0.1, 0.15) is 0 Å². The zero-order chi connectivity index (χ0) is 19.2. The Morgan fingerprint density at radius 3 is 2.26 bits per heavy atom. The van der Waals surface area contributed by atoms with E-state index in [1.165, 1.54) is 30.3 Å². The van der Waals surface area contributed by atoms with Crippen LogP contribution >= 0.6 is 0 Å². The molecule has 0 saturated carbocycles. The van der Waals surface area contributed by atoms with E-state index in [1.807, 2.05) is 4.90 Å². The standard InChI is InChI=1S/C19H20F2N4O2/c20-14-5-7-15(8-6-14)25-11-9-24(10-12-25)13-18(26)23-19(27)22-17-4-2-1-3-16(17)21/h1-8H,9-13H2,(H2,22,23,26,27). The third-order valence-electron chi connectivity index (χ3n) is 4.31. The van der Waals surface area contributed by atoms with E-state index < -0.39 is 17.8 Å². The van der Waals surface area contributed by atoms with Crippen molar-refractivity contribution in [3.8, 4) is 0 Å². The molecule has 6 nitrogen and oxygen atoms in total. The zero-order valence-corrected chi connectivity index (χ0v) is 14.6. The van der Waals surface area contributed by atoms with E-state index in [2.05, 4.69) is 15.5 Å². The van der Waals surface area contributed by atoms with Crippen LogP contribution in [0.2, 0.25) is 0 Å². The van der Waals surface area contributed by atoms with E-state index in [1.54, 1.807) is 18.2 Å². The highest BCUT2D eigenvalue weighted by atomic mass is 19.1. The van der Waals surface area contributed by atoms with Crippen molar-refractivity contribution in [1.82, 2.24) is 10.2 Å². The second-order valence-corrected chi connectivity index (χ2v) is 6.22. The summed E-state index contributed by atoms with van der Waals surface area (Å²) >= 11 is 0. The molecule has 8 heteroatoms. The minimum Gasteiger partial charge on any atom is -0.369 e. The first-order valence-corrected chi connectivity index (χ1v) is 8.59. The molecular formula is C19H20F2N4O2. The number of rotatable bonds is 4. The van der Waals surface area contributed by atoms with Crippen LogP contribution in [0.25, 0.3) is 0 Å². The lowest BCUT2D eigenvalue weighted by molar-refractivity contribution is -0.121. The van der Waals surface area contributed by atoms with Crippen molar-refractivity contribution in [2.75, 3.05) is 42.9 Å². The molecule has 0 radical (unpaired) electrons. The van der Waals surface area contributed by atoms with E-state index >= 15 is 0 Å². The smallest absolute Gasteiger partial charge is 0.326 e. The molecule has 0 unspecified atom stereocenters. The van der Waals surface area contributed by atoms with Gasteiger partial charge in [0.25, 0.3) is 0 Å². The maximum atomic E-state index is 13.5. The summed E-state index contributed by atoms with van der Waals surface area (Å²) in [6, 6.07) is 11.2. The highest BCUT2D eigenvalue weighted by Crippen LogP contribution is 2.16. The molecule has 3 rings (SSSR count). The lowest BCUT2D eigenvalue weighted by Gasteiger charge is -2.35. The second-order valence-electron chi connectivity index (χ2n) is 6.22. The maximum absolute atomic E-state index is 13.5. The molecule has 1 aliphatic rings. The number of benzene rings is 2. The number of nitrogens with one attached hydrogen (secondary N) is 2. The summed E-state index contributed by atoms with van der Waals surface area (Å²) in [4.78, 5) is 27.9. The van der Waals surface area contributed by atoms with Gasteiger partial charge < -0.3 is 10.2 Å². The number of para-hydroxylation sites is 1. The summed E-state index contributed by atoms with van der Waals surface area (Å²) in [7, 11) is 0. The maximum Gasteiger partial charge on any atom is 0.326 e. The van der Waals surface area contributed by atoms with Crippen LogP contribution < -0.4 is 15.5 Å². The van der Waals surface area contributed by atoms with Gasteiger partial charge in [0.1, 0.15) is 11.6 Å². The Balaban J connectivity index is 1.43. The van der Waals surface area contributed by atoms with Crippen molar-refractivity contribution >= 4 is 23.3 Å². The van der Waals surface area contributed by atoms with Gasteiger partial charge in [-0.3, -0.25) is 15.0 Å². The van der Waals surface area contributed by atoms with Crippen LogP contribution in [0.4, 0.5) is 25.0 Å². The number of hydrogen-bond acceptors (Lipinski definition) is 4. The molecule has 0 bridgehead atoms. The highest BCUT2D eigenvalue weighted by Gasteiger charge is 2.20. The molecule has 142 valence electrons. The Morgan fingerprint density at radius 1 is 0.926 bits per heavy atom. The van der Waals surface area contributed by atoms with Crippen LogP contribution in [0.3, 0.4) is 0 Å². The summed E-state index contributed by atoms with van der Waals surface area (Å²) < 4.78 is 26.5. The quantitative estimate of drug-likeness (QED) is 0.863. The Morgan fingerprint density at radius 2 is 1.59 bits per heavy atom. The number of anilines is 2. The number of urea groups is 1. The summed E-state index contributed by atoms with van der Waals surface area (Å²) in [5.41, 5.74) is 0.945. The Kier molecular flexibility index (Phi) is 5.97. The molecule has 0 atom stereocenters. The largest absolute Gasteiger partial charge is 0.369 e. The third-order valence-corrected chi connectivity index (χ3v) is 4.31. The van der Waals surface area contributed by atoms with Crippen LogP contribution in [-0.4, -0.2) is 49.6 Å². The fourth-order valence-corrected chi connectivity index (χ4v) is 2.90. The van der Waals surface area contributed by atoms with E-state index in [4.69, 9.17) is 0 Å². The molecule has 0 aliphatic carbocycles. The fraction of sp³-hybridized carbons (Fsp3) is 0.263. The number of hydrogen-bond donors (Lipinski definition) is 2. The summed E-state index contributed by atoms with van der Waals surface area (Å²) in [6.45, 7) is 2.74. The summed E-state index contributed by atoms with van der Waals surface area (Å²) in [5.74, 6) is -1.31. The molecule has 27 heavy (non-hydrogen) atoms. The Hall–Kier alpha value is -3.00. The number of nitrogens with zero attached hydrogens (tertiary/aromatic N) is 2. The lowest BCUT2D eigenvalue weighted by Crippen LogP contribution is -2.50. The van der Waals surface area contributed by atoms with E-state index in [9.17, 15) is 18.4 Å². The molecule has 2 aromatic rings. The van der Waals surface area contributed by atoms with E-state index in [-0.39, 0.29) is 18.0 Å². The molecule has 2 aromatic carbocycles. The van der Waals surface area contributed by atoms with Crippen LogP contribution in [-0.2, 0) is 4.79 Å². The van der Waals surface area contributed by atoms with Crippen LogP contribution in [0, 0.1) is 11.6 Å². The van der Waals surface area contributed by atoms with Crippen LogP contribution in [0.5, 0.6) is 0 Å². The van der Waals surface area contributed by atoms with Crippen molar-refractivity contribution in [3.05, 3.63) is 60.2 Å². The number of amides is 3. The molecule has 1 heterocycles. The molecule has 1 saturated heterocycles. The van der Waals surface area contributed by atoms with Gasteiger partial charge in [-0.25, -0.2) is 13.6 Å². The molecule has 1 aliphatic heterocycles. The first kappa shape index (κ1) is 18.8. The summed E-state index contributed by atoms with van der Waals surface area (Å²) in [5, 5.41) is 4.51. The van der Waals surface area contributed by atoms with Crippen LogP contribution in [0.15, 0.2) is 48.5 Å². The average molecular weight is 374 g/mol. The Labute approximate surface area is 155 Å². The van der Waals surface area contributed by atoms with Gasteiger partial charge >= 0.3 is 6.03 Å². The number of imide groups is 1. The molecule has 1 fully saturated rings. The van der Waals surface area contributed by atoms with Crippen molar-refractivity contribution in [3.63, 3.8) is 0 Å². The van der Waals surface area contributed by atoms with Crippen molar-refractivity contribution in [2.24, 2.45) is 0 Å². The number of carbonyl (C=O) groups excluding carboxylic acids is 2. The second kappa shape index (κ2) is 8.59. The number of halogens is 2. The SMILES string of the molecule is O=C(CN1CCN(c2ccc(F)cc2)CC1)NC(=O)Nc1ccccc1F. The first-order valence-electron chi connectivity index (χ1n) is 8.59. The van der Waals surface area contributed by atoms with Gasteiger partial charge in [0.05, 0.1) is 12.2 Å². The molecule has 3 amide bonds. The molecule has 0 aromatic heterocycles. The highest BCUT2D eigenvalue weighted by molar-refractivity contribution is 6.01. The van der Waals surface area contributed by atoms with Gasteiger partial charge in [-0.05, 0) is 36.4 Å². The summed E-state index contributed by atoms with van der Waals surface area (Å²) in [6.07, 6.45) is 0. The first-order chi connectivity index (χ1) is 13.0. The predicted octanol–water partition coefficient (Wildman–Crippen LogP) is 2.44. The number of piperazine rings is 1. The van der Waals surface area contributed by atoms with Crippen molar-refractivity contribution in [1.29, 1.82) is 0 Å². The Bertz CT molecular complexity index is 806. The number of carbonyl (C=O) groups is 2. The fourth-order valence-electron chi connectivity index (χ4n) is 2.90. The molecule has 0 spiro atoms. The zero-order valence-electron chi connectivity index (χ0n) is 14.6. The van der Waals surface area contributed by atoms with Crippen molar-refractivity contribution in [2.45, 2.75) is 0 Å². The predicted molar refractivity (Wildman–Crippen MR) is 98.6 cm³/mol. The molecular weight excluding hydrogens is 354 g/mol. The topological polar surface area (TPSA) is 64.7 Å². The normalized spacial score (nSPS) is 14.7. The van der Waals surface area contributed by atoms with Gasteiger partial charge in [-0.15, -0.1) is 0 Å². The lowest BCUT2D eigenvalue weighted by atomic mass is 10.2. The van der Waals surface area contributed by atoms with E-state index in [0.29, 0.717) is 26.2 Å². The average Bonchev–Trinajstić information content (AvgIpc) is 2.65. The van der Waals surface area contributed by atoms with Gasteiger partial charge in [0, 0.05) is 31.9 Å². The van der Waals surface area contributed by atoms with Gasteiger partial charge in [-0.2, -0.15) is 0 Å². The van der Waals surface area contributed by atoms with Gasteiger partial charge in [0.15, 0.2) is 0 Å². The van der Waals surface area contributed by atoms with Crippen molar-refractivity contribution < 1.29 is 18.4 Å². The van der Waals surface area contributed by atoms with Gasteiger partial charge in [-0.1, -0.05) is 12.1 Å².